The number of hydrogen-bond donors (Lipinski definition) is 0. The van der Waals surface area contributed by atoms with E-state index in [1.54, 1.807) is 5.69 Å². The van der Waals surface area contributed by atoms with Crippen LogP contribution in [0.4, 0.5) is 0 Å². The highest BCUT2D eigenvalue weighted by Gasteiger charge is 2.58. The van der Waals surface area contributed by atoms with E-state index in [9.17, 15) is 0 Å². The predicted octanol–water partition coefficient (Wildman–Crippen LogP) is 3.04. The Morgan fingerprint density at radius 1 is 1.09 bits per heavy atom. The van der Waals surface area contributed by atoms with Gasteiger partial charge in [0.15, 0.2) is 0 Å². The first-order valence-electron chi connectivity index (χ1n) is 8.88. The Hall–Kier alpha value is -0.140. The lowest BCUT2D eigenvalue weighted by atomic mass is 9.92. The fourth-order valence-corrected chi connectivity index (χ4v) is 5.59. The number of halogens is 1. The van der Waals surface area contributed by atoms with Gasteiger partial charge in [0, 0.05) is 30.7 Å². The fourth-order valence-electron chi connectivity index (χ4n) is 5.04. The molecule has 4 fully saturated rings. The summed E-state index contributed by atoms with van der Waals surface area (Å²) in [6.45, 7) is 4.16. The van der Waals surface area contributed by atoms with Gasteiger partial charge in [0.25, 0.3) is 0 Å². The van der Waals surface area contributed by atoms with Gasteiger partial charge in [0.05, 0.1) is 19.3 Å². The van der Waals surface area contributed by atoms with Crippen LogP contribution in [0.3, 0.4) is 0 Å². The molecule has 2 atom stereocenters. The first-order valence-corrected chi connectivity index (χ1v) is 9.96. The average Bonchev–Trinajstić information content (AvgIpc) is 2.83. The second-order valence-electron chi connectivity index (χ2n) is 7.55. The van der Waals surface area contributed by atoms with Crippen molar-refractivity contribution in [1.29, 1.82) is 0 Å². The van der Waals surface area contributed by atoms with Crippen molar-refractivity contribution in [3.63, 3.8) is 0 Å². The first-order chi connectivity index (χ1) is 10.8. The van der Waals surface area contributed by atoms with Crippen LogP contribution in [-0.4, -0.2) is 47.0 Å². The Morgan fingerprint density at radius 3 is 2.45 bits per heavy atom. The molecule has 1 aromatic rings. The molecule has 3 aliphatic carbocycles. The van der Waals surface area contributed by atoms with Crippen LogP contribution in [0.2, 0.25) is 0 Å². The Morgan fingerprint density at radius 2 is 1.82 bits per heavy atom. The van der Waals surface area contributed by atoms with Crippen molar-refractivity contribution >= 4 is 22.6 Å². The van der Waals surface area contributed by atoms with E-state index in [0.717, 1.165) is 50.1 Å². The molecule has 1 aliphatic heterocycles. The van der Waals surface area contributed by atoms with E-state index < -0.39 is 0 Å². The van der Waals surface area contributed by atoms with Gasteiger partial charge in [-0.1, -0.05) is 0 Å². The molecule has 3 saturated carbocycles. The second-order valence-corrected chi connectivity index (χ2v) is 8.65. The molecule has 5 rings (SSSR count). The fraction of sp³-hybridized carbons (Fsp3) is 0.824. The summed E-state index contributed by atoms with van der Waals surface area (Å²) in [6, 6.07) is 3.90. The normalized spacial score (nSPS) is 38.8. The number of nitrogens with zero attached hydrogens (tertiary/aromatic N) is 3. The van der Waals surface area contributed by atoms with E-state index in [1.807, 2.05) is 0 Å². The van der Waals surface area contributed by atoms with Crippen molar-refractivity contribution in [1.82, 2.24) is 14.7 Å². The molecule has 4 aliphatic rings. The third-order valence-electron chi connectivity index (χ3n) is 6.48. The summed E-state index contributed by atoms with van der Waals surface area (Å²) in [5.41, 5.74) is 1.56. The van der Waals surface area contributed by atoms with Crippen LogP contribution in [0.25, 0.3) is 0 Å². The number of hydrogen-bond acceptors (Lipinski definition) is 3. The lowest BCUT2D eigenvalue weighted by molar-refractivity contribution is 0.0151. The molecular weight excluding hydrogens is 389 g/mol. The molecule has 0 N–H and O–H groups in total. The van der Waals surface area contributed by atoms with Crippen LogP contribution in [0.15, 0.2) is 6.07 Å². The largest absolute Gasteiger partial charge is 0.379 e. The molecule has 0 bridgehead atoms. The van der Waals surface area contributed by atoms with Crippen LogP contribution < -0.4 is 0 Å². The number of rotatable bonds is 3. The smallest absolute Gasteiger partial charge is 0.123 e. The van der Waals surface area contributed by atoms with E-state index in [-0.39, 0.29) is 0 Å². The molecule has 0 aromatic carbocycles. The summed E-state index contributed by atoms with van der Waals surface area (Å²) < 4.78 is 9.09. The number of morpholine rings is 1. The van der Waals surface area contributed by atoms with E-state index in [1.165, 1.54) is 35.8 Å². The predicted molar refractivity (Wildman–Crippen MR) is 93.0 cm³/mol. The maximum atomic E-state index is 5.50. The zero-order valence-electron chi connectivity index (χ0n) is 13.0. The highest BCUT2D eigenvalue weighted by Crippen LogP contribution is 2.64. The molecule has 2 unspecified atom stereocenters. The van der Waals surface area contributed by atoms with Gasteiger partial charge in [-0.2, -0.15) is 5.10 Å². The minimum Gasteiger partial charge on any atom is -0.379 e. The standard InChI is InChI=1S/C17H24IN3O/c18-16-10-15(21(19-16)11-2-1-3-11)17-13-8-12(9-14(13)17)20-4-6-22-7-5-20/h10-14,17H,1-9H2. The quantitative estimate of drug-likeness (QED) is 0.714. The van der Waals surface area contributed by atoms with Crippen LogP contribution in [0, 0.1) is 15.5 Å². The van der Waals surface area contributed by atoms with Gasteiger partial charge in [0.2, 0.25) is 0 Å². The molecule has 22 heavy (non-hydrogen) atoms. The average molecular weight is 413 g/mol. The molecule has 0 spiro atoms. The molecule has 4 nitrogen and oxygen atoms in total. The van der Waals surface area contributed by atoms with Gasteiger partial charge >= 0.3 is 0 Å². The third-order valence-corrected chi connectivity index (χ3v) is 7.01. The summed E-state index contributed by atoms with van der Waals surface area (Å²) in [7, 11) is 0. The zero-order valence-corrected chi connectivity index (χ0v) is 15.1. The van der Waals surface area contributed by atoms with E-state index in [0.29, 0.717) is 6.04 Å². The number of ether oxygens (including phenoxy) is 1. The second kappa shape index (κ2) is 5.45. The van der Waals surface area contributed by atoms with Crippen molar-refractivity contribution in [3.05, 3.63) is 15.5 Å². The molecule has 0 amide bonds. The molecule has 5 heteroatoms. The summed E-state index contributed by atoms with van der Waals surface area (Å²) in [6.07, 6.45) is 6.87. The topological polar surface area (TPSA) is 30.3 Å². The molecule has 1 saturated heterocycles. The Kier molecular flexibility index (Phi) is 3.52. The Balaban J connectivity index is 1.28. The van der Waals surface area contributed by atoms with Crippen LogP contribution in [0.5, 0.6) is 0 Å². The summed E-state index contributed by atoms with van der Waals surface area (Å²) in [5, 5.41) is 4.81. The van der Waals surface area contributed by atoms with Gasteiger partial charge in [-0.05, 0) is 72.6 Å². The third kappa shape index (κ3) is 2.26. The summed E-state index contributed by atoms with van der Waals surface area (Å²) in [5.74, 6) is 2.67. The summed E-state index contributed by atoms with van der Waals surface area (Å²) in [4.78, 5) is 2.68. The SMILES string of the molecule is Ic1cc(C2C3CC(N4CCOCC4)CC32)n(C2CCC2)n1. The van der Waals surface area contributed by atoms with Gasteiger partial charge in [0.1, 0.15) is 3.70 Å². The number of fused-ring (bicyclic) bond motifs is 1. The van der Waals surface area contributed by atoms with E-state index in [2.05, 4.69) is 38.2 Å². The Bertz CT molecular complexity index is 552. The van der Waals surface area contributed by atoms with Crippen molar-refractivity contribution < 1.29 is 4.74 Å². The minimum absolute atomic E-state index is 0.704. The lowest BCUT2D eigenvalue weighted by Crippen LogP contribution is -2.43. The Labute approximate surface area is 145 Å². The van der Waals surface area contributed by atoms with Crippen LogP contribution in [0.1, 0.15) is 49.8 Å². The van der Waals surface area contributed by atoms with Gasteiger partial charge in [-0.25, -0.2) is 0 Å². The first kappa shape index (κ1) is 14.2. The van der Waals surface area contributed by atoms with E-state index in [4.69, 9.17) is 9.84 Å². The molecule has 2 heterocycles. The minimum atomic E-state index is 0.704. The van der Waals surface area contributed by atoms with Gasteiger partial charge in [-0.15, -0.1) is 0 Å². The van der Waals surface area contributed by atoms with E-state index >= 15 is 0 Å². The lowest BCUT2D eigenvalue weighted by Gasteiger charge is -2.33. The molecular formula is C17H24IN3O. The van der Waals surface area contributed by atoms with Crippen molar-refractivity contribution in [3.8, 4) is 0 Å². The van der Waals surface area contributed by atoms with Crippen LogP contribution in [-0.2, 0) is 4.74 Å². The zero-order chi connectivity index (χ0) is 14.7. The maximum Gasteiger partial charge on any atom is 0.123 e. The molecule has 1 aromatic heterocycles. The summed E-state index contributed by atoms with van der Waals surface area (Å²) >= 11 is 2.39. The van der Waals surface area contributed by atoms with Gasteiger partial charge in [-0.3, -0.25) is 9.58 Å². The van der Waals surface area contributed by atoms with Crippen molar-refractivity contribution in [2.75, 3.05) is 26.3 Å². The maximum absolute atomic E-state index is 5.50. The monoisotopic (exact) mass is 413 g/mol. The molecule has 120 valence electrons. The molecule has 0 radical (unpaired) electrons. The number of aromatic nitrogens is 2. The highest BCUT2D eigenvalue weighted by atomic mass is 127. The highest BCUT2D eigenvalue weighted by molar-refractivity contribution is 14.1. The van der Waals surface area contributed by atoms with Gasteiger partial charge < -0.3 is 4.74 Å². The van der Waals surface area contributed by atoms with Crippen molar-refractivity contribution in [2.45, 2.75) is 50.1 Å². The van der Waals surface area contributed by atoms with Crippen LogP contribution >= 0.6 is 22.6 Å². The van der Waals surface area contributed by atoms with Crippen molar-refractivity contribution in [2.24, 2.45) is 11.8 Å².